The molecule has 1 aromatic heterocycles. The number of rotatable bonds is 5. The number of carbonyl (C=O) groups excluding carboxylic acids is 1. The molecule has 0 fully saturated rings. The van der Waals surface area contributed by atoms with Gasteiger partial charge in [-0.2, -0.15) is 5.10 Å². The monoisotopic (exact) mass is 414 g/mol. The number of amides is 2. The van der Waals surface area contributed by atoms with Crippen LogP contribution < -0.4 is 9.80 Å². The predicted octanol–water partition coefficient (Wildman–Crippen LogP) is 3.59. The number of hydrogen-bond donors (Lipinski definition) is 2. The normalized spacial score (nSPS) is 16.7. The first kappa shape index (κ1) is 21.8. The Morgan fingerprint density at radius 3 is 2.53 bits per heavy atom. The second-order valence-corrected chi connectivity index (χ2v) is 9.05. The summed E-state index contributed by atoms with van der Waals surface area (Å²) < 4.78 is 1.66. The van der Waals surface area contributed by atoms with Gasteiger partial charge in [-0.25, -0.2) is 4.79 Å². The summed E-state index contributed by atoms with van der Waals surface area (Å²) in [5.74, 6) is 0.209. The lowest BCUT2D eigenvalue weighted by atomic mass is 10.0. The van der Waals surface area contributed by atoms with E-state index in [9.17, 15) is 19.8 Å². The van der Waals surface area contributed by atoms with Crippen LogP contribution in [0.4, 0.5) is 16.2 Å². The first-order valence-corrected chi connectivity index (χ1v) is 10.2. The van der Waals surface area contributed by atoms with Crippen LogP contribution in [0.5, 0.6) is 0 Å². The summed E-state index contributed by atoms with van der Waals surface area (Å²) >= 11 is 0. The number of aromatic nitrogens is 2. The third-order valence-corrected chi connectivity index (χ3v) is 5.01. The van der Waals surface area contributed by atoms with Gasteiger partial charge in [0.1, 0.15) is 0 Å². The van der Waals surface area contributed by atoms with E-state index in [2.05, 4.69) is 5.10 Å². The third kappa shape index (κ3) is 4.64. The standard InChI is InChI=1S/C22H30N4O4/c1-14(2)8-20(27)26-15(3)11-25(21(28)29)19-9-16(6-7-18(19)26)17-10-23-24(12-17)13-22(4,5)30/h6-7,9-10,12,14-15,30H,8,11,13H2,1-5H3,(H,28,29)/t15-/m0/s1. The fourth-order valence-corrected chi connectivity index (χ4v) is 3.81. The Morgan fingerprint density at radius 1 is 1.23 bits per heavy atom. The summed E-state index contributed by atoms with van der Waals surface area (Å²) in [6, 6.07) is 5.22. The van der Waals surface area contributed by atoms with E-state index in [1.54, 1.807) is 35.7 Å². The number of benzene rings is 1. The molecule has 1 aliphatic rings. The number of carbonyl (C=O) groups is 2. The molecular formula is C22H30N4O4. The van der Waals surface area contributed by atoms with E-state index < -0.39 is 11.7 Å². The lowest BCUT2D eigenvalue weighted by Gasteiger charge is -2.40. The molecule has 1 aromatic carbocycles. The summed E-state index contributed by atoms with van der Waals surface area (Å²) in [4.78, 5) is 27.8. The Labute approximate surface area is 176 Å². The quantitative estimate of drug-likeness (QED) is 0.779. The Balaban J connectivity index is 2.01. The Bertz CT molecular complexity index is 945. The van der Waals surface area contributed by atoms with Crippen molar-refractivity contribution in [3.8, 4) is 11.1 Å². The van der Waals surface area contributed by atoms with E-state index in [0.717, 1.165) is 11.1 Å². The Kier molecular flexibility index (Phi) is 5.90. The molecular weight excluding hydrogens is 384 g/mol. The number of aliphatic hydroxyl groups is 1. The van der Waals surface area contributed by atoms with E-state index >= 15 is 0 Å². The number of hydrogen-bond acceptors (Lipinski definition) is 4. The Morgan fingerprint density at radius 2 is 1.93 bits per heavy atom. The van der Waals surface area contributed by atoms with Gasteiger partial charge in [-0.15, -0.1) is 0 Å². The van der Waals surface area contributed by atoms with Crippen LogP contribution >= 0.6 is 0 Å². The minimum atomic E-state index is -1.05. The van der Waals surface area contributed by atoms with Gasteiger partial charge in [-0.3, -0.25) is 14.4 Å². The van der Waals surface area contributed by atoms with E-state index in [-0.39, 0.29) is 24.4 Å². The molecule has 0 aliphatic carbocycles. The highest BCUT2D eigenvalue weighted by molar-refractivity contribution is 6.03. The topological polar surface area (TPSA) is 98.9 Å². The van der Waals surface area contributed by atoms with E-state index in [1.165, 1.54) is 4.90 Å². The molecule has 2 N–H and O–H groups in total. The number of carboxylic acid groups (broad SMARTS) is 1. The molecule has 1 aliphatic heterocycles. The summed E-state index contributed by atoms with van der Waals surface area (Å²) in [5, 5.41) is 24.0. The molecule has 30 heavy (non-hydrogen) atoms. The van der Waals surface area contributed by atoms with Crippen LogP contribution in [-0.2, 0) is 11.3 Å². The maximum atomic E-state index is 12.9. The zero-order chi connectivity index (χ0) is 22.2. The molecule has 2 aromatic rings. The molecule has 0 radical (unpaired) electrons. The molecule has 2 heterocycles. The fourth-order valence-electron chi connectivity index (χ4n) is 3.81. The number of fused-ring (bicyclic) bond motifs is 1. The van der Waals surface area contributed by atoms with Gasteiger partial charge in [0, 0.05) is 24.7 Å². The van der Waals surface area contributed by atoms with Crippen LogP contribution in [0.2, 0.25) is 0 Å². The van der Waals surface area contributed by atoms with Crippen molar-refractivity contribution in [2.45, 2.75) is 59.2 Å². The van der Waals surface area contributed by atoms with E-state index in [4.69, 9.17) is 0 Å². The smallest absolute Gasteiger partial charge is 0.411 e. The van der Waals surface area contributed by atoms with E-state index in [0.29, 0.717) is 24.3 Å². The van der Waals surface area contributed by atoms with Gasteiger partial charge < -0.3 is 15.1 Å². The van der Waals surface area contributed by atoms with Gasteiger partial charge >= 0.3 is 6.09 Å². The SMILES string of the molecule is CC(C)CC(=O)N1c2ccc(-c3cnn(CC(C)(C)O)c3)cc2N(C(=O)O)C[C@@H]1C. The van der Waals surface area contributed by atoms with Crippen molar-refractivity contribution in [1.82, 2.24) is 9.78 Å². The molecule has 162 valence electrons. The first-order valence-electron chi connectivity index (χ1n) is 10.2. The van der Waals surface area contributed by atoms with Gasteiger partial charge in [0.25, 0.3) is 0 Å². The maximum absolute atomic E-state index is 12.9. The van der Waals surface area contributed by atoms with Gasteiger partial charge in [-0.05, 0) is 44.4 Å². The highest BCUT2D eigenvalue weighted by Gasteiger charge is 2.35. The van der Waals surface area contributed by atoms with Gasteiger partial charge in [0.05, 0.1) is 35.8 Å². The summed E-state index contributed by atoms with van der Waals surface area (Å²) in [6.45, 7) is 9.83. The fraction of sp³-hybridized carbons (Fsp3) is 0.500. The second kappa shape index (κ2) is 8.10. The van der Waals surface area contributed by atoms with Gasteiger partial charge in [0.2, 0.25) is 5.91 Å². The van der Waals surface area contributed by atoms with Crippen LogP contribution in [0, 0.1) is 5.92 Å². The van der Waals surface area contributed by atoms with E-state index in [1.807, 2.05) is 39.1 Å². The summed E-state index contributed by atoms with van der Waals surface area (Å²) in [7, 11) is 0. The molecule has 8 heteroatoms. The highest BCUT2D eigenvalue weighted by atomic mass is 16.4. The highest BCUT2D eigenvalue weighted by Crippen LogP contribution is 2.39. The van der Waals surface area contributed by atoms with Crippen molar-refractivity contribution in [3.63, 3.8) is 0 Å². The molecule has 2 amide bonds. The second-order valence-electron chi connectivity index (χ2n) is 9.05. The average molecular weight is 415 g/mol. The molecule has 0 saturated carbocycles. The molecule has 1 atom stereocenters. The molecule has 0 bridgehead atoms. The molecule has 8 nitrogen and oxygen atoms in total. The molecule has 0 spiro atoms. The van der Waals surface area contributed by atoms with Gasteiger partial charge in [0.15, 0.2) is 0 Å². The van der Waals surface area contributed by atoms with Crippen LogP contribution in [0.25, 0.3) is 11.1 Å². The summed E-state index contributed by atoms with van der Waals surface area (Å²) in [5.41, 5.74) is 1.81. The summed E-state index contributed by atoms with van der Waals surface area (Å²) in [6.07, 6.45) is 2.86. The van der Waals surface area contributed by atoms with Crippen LogP contribution in [0.1, 0.15) is 41.0 Å². The Hall–Kier alpha value is -2.87. The van der Waals surface area contributed by atoms with Crippen LogP contribution in [0.3, 0.4) is 0 Å². The maximum Gasteiger partial charge on any atom is 0.411 e. The van der Waals surface area contributed by atoms with Crippen molar-refractivity contribution < 1.29 is 19.8 Å². The minimum Gasteiger partial charge on any atom is -0.465 e. The first-order chi connectivity index (χ1) is 14.0. The van der Waals surface area contributed by atoms with Crippen molar-refractivity contribution in [3.05, 3.63) is 30.6 Å². The average Bonchev–Trinajstić information content (AvgIpc) is 3.06. The molecule has 0 saturated heterocycles. The lowest BCUT2D eigenvalue weighted by molar-refractivity contribution is -0.119. The van der Waals surface area contributed by atoms with Gasteiger partial charge in [-0.1, -0.05) is 19.9 Å². The van der Waals surface area contributed by atoms with Crippen LogP contribution in [-0.4, -0.2) is 50.2 Å². The van der Waals surface area contributed by atoms with Crippen molar-refractivity contribution in [2.75, 3.05) is 16.3 Å². The predicted molar refractivity (Wildman–Crippen MR) is 116 cm³/mol. The van der Waals surface area contributed by atoms with Crippen molar-refractivity contribution >= 4 is 23.4 Å². The molecule has 3 rings (SSSR count). The number of anilines is 2. The van der Waals surface area contributed by atoms with Crippen molar-refractivity contribution in [2.24, 2.45) is 5.92 Å². The van der Waals surface area contributed by atoms with Crippen molar-refractivity contribution in [1.29, 1.82) is 0 Å². The zero-order valence-corrected chi connectivity index (χ0v) is 18.2. The third-order valence-electron chi connectivity index (χ3n) is 5.01. The lowest BCUT2D eigenvalue weighted by Crippen LogP contribution is -2.51. The van der Waals surface area contributed by atoms with Crippen LogP contribution in [0.15, 0.2) is 30.6 Å². The number of nitrogens with zero attached hydrogens (tertiary/aromatic N) is 4. The minimum absolute atomic E-state index is 0.00506. The largest absolute Gasteiger partial charge is 0.465 e. The zero-order valence-electron chi connectivity index (χ0n) is 18.2. The molecule has 0 unspecified atom stereocenters.